The average Bonchev–Trinajstić information content (AvgIpc) is 2.56. The Morgan fingerprint density at radius 3 is 2.38 bits per heavy atom. The molecule has 0 aliphatic carbocycles. The van der Waals surface area contributed by atoms with Gasteiger partial charge in [-0.3, -0.25) is 4.79 Å². The van der Waals surface area contributed by atoms with Gasteiger partial charge in [0, 0.05) is 5.56 Å². The highest BCUT2D eigenvalue weighted by Gasteiger charge is 2.20. The van der Waals surface area contributed by atoms with Gasteiger partial charge in [-0.25, -0.2) is 9.18 Å². The SMILES string of the molecule is COc1ccc(C(=O)COC(=O)c2c(Cl)ccc(Cl)c2Cl)cc1F. The molecule has 126 valence electrons. The molecule has 0 bridgehead atoms. The number of rotatable bonds is 5. The fourth-order valence-electron chi connectivity index (χ4n) is 1.84. The number of benzene rings is 2. The minimum atomic E-state index is -0.908. The van der Waals surface area contributed by atoms with Gasteiger partial charge < -0.3 is 9.47 Å². The minimum Gasteiger partial charge on any atom is -0.494 e. The van der Waals surface area contributed by atoms with E-state index in [0.717, 1.165) is 6.07 Å². The van der Waals surface area contributed by atoms with Gasteiger partial charge in [-0.1, -0.05) is 34.8 Å². The number of carbonyl (C=O) groups excluding carboxylic acids is 2. The summed E-state index contributed by atoms with van der Waals surface area (Å²) < 4.78 is 23.2. The topological polar surface area (TPSA) is 52.6 Å². The molecule has 2 rings (SSSR count). The summed E-state index contributed by atoms with van der Waals surface area (Å²) in [7, 11) is 1.31. The van der Waals surface area contributed by atoms with Gasteiger partial charge in [0.2, 0.25) is 0 Å². The largest absolute Gasteiger partial charge is 0.494 e. The van der Waals surface area contributed by atoms with Crippen molar-refractivity contribution in [3.05, 3.63) is 62.3 Å². The van der Waals surface area contributed by atoms with Crippen LogP contribution >= 0.6 is 34.8 Å². The van der Waals surface area contributed by atoms with Crippen LogP contribution in [0.1, 0.15) is 20.7 Å². The molecule has 0 aliphatic rings. The Labute approximate surface area is 152 Å². The van der Waals surface area contributed by atoms with Crippen LogP contribution in [0, 0.1) is 5.82 Å². The van der Waals surface area contributed by atoms with E-state index < -0.39 is 24.2 Å². The predicted octanol–water partition coefficient (Wildman–Crippen LogP) is 4.83. The summed E-state index contributed by atoms with van der Waals surface area (Å²) in [5, 5.41) is 0.0889. The van der Waals surface area contributed by atoms with Crippen molar-refractivity contribution in [2.24, 2.45) is 0 Å². The Balaban J connectivity index is 2.11. The van der Waals surface area contributed by atoms with Gasteiger partial charge in [-0.15, -0.1) is 0 Å². The summed E-state index contributed by atoms with van der Waals surface area (Å²) in [5.74, 6) is -2.20. The Hall–Kier alpha value is -1.82. The smallest absolute Gasteiger partial charge is 0.341 e. The van der Waals surface area contributed by atoms with Gasteiger partial charge in [0.1, 0.15) is 0 Å². The number of halogens is 4. The lowest BCUT2D eigenvalue weighted by Gasteiger charge is -2.09. The highest BCUT2D eigenvalue weighted by Crippen LogP contribution is 2.31. The fourth-order valence-corrected chi connectivity index (χ4v) is 2.52. The van der Waals surface area contributed by atoms with Crippen molar-refractivity contribution in [2.45, 2.75) is 0 Å². The molecule has 0 N–H and O–H groups in total. The molecule has 0 fully saturated rings. The van der Waals surface area contributed by atoms with Crippen molar-refractivity contribution in [1.82, 2.24) is 0 Å². The zero-order valence-corrected chi connectivity index (χ0v) is 14.5. The zero-order chi connectivity index (χ0) is 17.9. The number of carbonyl (C=O) groups is 2. The van der Waals surface area contributed by atoms with E-state index in [1.54, 1.807) is 0 Å². The summed E-state index contributed by atoms with van der Waals surface area (Å²) in [4.78, 5) is 24.0. The van der Waals surface area contributed by atoms with Gasteiger partial charge in [0.15, 0.2) is 24.0 Å². The molecular weight excluding hydrogens is 382 g/mol. The van der Waals surface area contributed by atoms with Crippen LogP contribution in [0.15, 0.2) is 30.3 Å². The van der Waals surface area contributed by atoms with Crippen LogP contribution in [0.2, 0.25) is 15.1 Å². The van der Waals surface area contributed by atoms with Gasteiger partial charge in [0.25, 0.3) is 0 Å². The lowest BCUT2D eigenvalue weighted by Crippen LogP contribution is -2.15. The van der Waals surface area contributed by atoms with Crippen molar-refractivity contribution >= 4 is 46.6 Å². The monoisotopic (exact) mass is 390 g/mol. The second kappa shape index (κ2) is 7.83. The number of hydrogen-bond acceptors (Lipinski definition) is 4. The van der Waals surface area contributed by atoms with Crippen molar-refractivity contribution in [2.75, 3.05) is 13.7 Å². The van der Waals surface area contributed by atoms with Crippen LogP contribution in [0.3, 0.4) is 0 Å². The van der Waals surface area contributed by atoms with Gasteiger partial charge in [0.05, 0.1) is 27.7 Å². The van der Waals surface area contributed by atoms with Crippen LogP contribution < -0.4 is 4.74 Å². The van der Waals surface area contributed by atoms with Crippen molar-refractivity contribution in [1.29, 1.82) is 0 Å². The first-order valence-corrected chi connectivity index (χ1v) is 7.66. The van der Waals surface area contributed by atoms with Crippen LogP contribution in [0.5, 0.6) is 5.75 Å². The number of ketones is 1. The Morgan fingerprint density at radius 1 is 1.08 bits per heavy atom. The third-order valence-corrected chi connectivity index (χ3v) is 4.18. The van der Waals surface area contributed by atoms with Crippen LogP contribution in [-0.4, -0.2) is 25.5 Å². The fraction of sp³-hybridized carbons (Fsp3) is 0.125. The lowest BCUT2D eigenvalue weighted by molar-refractivity contribution is 0.0475. The molecule has 0 atom stereocenters. The maximum absolute atomic E-state index is 13.6. The van der Waals surface area contributed by atoms with Crippen molar-refractivity contribution in [3.8, 4) is 5.75 Å². The van der Waals surface area contributed by atoms with Gasteiger partial charge >= 0.3 is 5.97 Å². The molecule has 0 radical (unpaired) electrons. The summed E-state index contributed by atoms with van der Waals surface area (Å²) in [6.07, 6.45) is 0. The van der Waals surface area contributed by atoms with Crippen molar-refractivity contribution in [3.63, 3.8) is 0 Å². The zero-order valence-electron chi connectivity index (χ0n) is 12.2. The Kier molecular flexibility index (Phi) is 6.04. The molecule has 0 amide bonds. The molecule has 2 aromatic rings. The predicted molar refractivity (Wildman–Crippen MR) is 89.0 cm³/mol. The normalized spacial score (nSPS) is 10.4. The van der Waals surface area contributed by atoms with Gasteiger partial charge in [-0.05, 0) is 30.3 Å². The average molecular weight is 392 g/mol. The molecular formula is C16H10Cl3FO4. The second-order valence-electron chi connectivity index (χ2n) is 4.57. The standard InChI is InChI=1S/C16H10Cl3FO4/c1-23-13-5-2-8(6-11(13)20)12(21)7-24-16(22)14-9(17)3-4-10(18)15(14)19/h2-6H,7H2,1H3. The maximum atomic E-state index is 13.6. The molecule has 0 saturated heterocycles. The molecule has 24 heavy (non-hydrogen) atoms. The van der Waals surface area contributed by atoms with Crippen molar-refractivity contribution < 1.29 is 23.5 Å². The highest BCUT2D eigenvalue weighted by atomic mass is 35.5. The van der Waals surface area contributed by atoms with E-state index in [9.17, 15) is 14.0 Å². The number of hydrogen-bond donors (Lipinski definition) is 0. The molecule has 0 heterocycles. The Morgan fingerprint density at radius 2 is 1.75 bits per heavy atom. The minimum absolute atomic E-state index is 0.000959. The summed E-state index contributed by atoms with van der Waals surface area (Å²) in [5.41, 5.74) is -0.107. The number of ether oxygens (including phenoxy) is 2. The summed E-state index contributed by atoms with van der Waals surface area (Å²) in [6.45, 7) is -0.607. The van der Waals surface area contributed by atoms with E-state index in [1.807, 2.05) is 0 Å². The van der Waals surface area contributed by atoms with E-state index in [4.69, 9.17) is 44.3 Å². The quantitative estimate of drug-likeness (QED) is 0.416. The number of Topliss-reactive ketones (excluding diaryl/α,β-unsaturated/α-hetero) is 1. The first-order valence-electron chi connectivity index (χ1n) is 6.52. The molecule has 2 aromatic carbocycles. The first-order chi connectivity index (χ1) is 11.3. The second-order valence-corrected chi connectivity index (χ2v) is 5.76. The molecule has 0 spiro atoms. The third-order valence-electron chi connectivity index (χ3n) is 3.06. The Bertz CT molecular complexity index is 808. The first kappa shape index (κ1) is 18.5. The van der Waals surface area contributed by atoms with Gasteiger partial charge in [-0.2, -0.15) is 0 Å². The van der Waals surface area contributed by atoms with Crippen LogP contribution in [0.4, 0.5) is 4.39 Å². The van der Waals surface area contributed by atoms with Crippen LogP contribution in [-0.2, 0) is 4.74 Å². The highest BCUT2D eigenvalue weighted by molar-refractivity contribution is 6.46. The summed E-state index contributed by atoms with van der Waals surface area (Å²) >= 11 is 17.6. The maximum Gasteiger partial charge on any atom is 0.341 e. The molecule has 0 unspecified atom stereocenters. The van der Waals surface area contributed by atoms with E-state index in [1.165, 1.54) is 31.4 Å². The molecule has 4 nitrogen and oxygen atoms in total. The van der Waals surface area contributed by atoms with E-state index in [-0.39, 0.29) is 31.9 Å². The molecule has 0 saturated carbocycles. The molecule has 0 aromatic heterocycles. The van der Waals surface area contributed by atoms with E-state index in [0.29, 0.717) is 0 Å². The van der Waals surface area contributed by atoms with Crippen LogP contribution in [0.25, 0.3) is 0 Å². The van der Waals surface area contributed by atoms with E-state index in [2.05, 4.69) is 0 Å². The third kappa shape index (κ3) is 3.98. The molecule has 8 heteroatoms. The van der Waals surface area contributed by atoms with E-state index >= 15 is 0 Å². The lowest BCUT2D eigenvalue weighted by atomic mass is 10.1. The molecule has 0 aliphatic heterocycles. The summed E-state index contributed by atoms with van der Waals surface area (Å²) in [6, 6.07) is 6.46. The number of methoxy groups -OCH3 is 1. The number of esters is 1.